The smallest absolute Gasteiger partial charge is 0.239 e. The zero-order chi connectivity index (χ0) is 17.5. The SMILES string of the molecule is CN1C(=N)N[C@](C)(c2ccc(C#N)s2)C(c2ccc(Cl)cc2)C1=O. The molecule has 0 aliphatic carbocycles. The van der Waals surface area contributed by atoms with Crippen LogP contribution in [0.5, 0.6) is 0 Å². The Kier molecular flexibility index (Phi) is 4.08. The Hall–Kier alpha value is -2.36. The molecule has 3 rings (SSSR count). The number of carbonyl (C=O) groups is 1. The van der Waals surface area contributed by atoms with Crippen molar-refractivity contribution in [1.29, 1.82) is 10.7 Å². The lowest BCUT2D eigenvalue weighted by molar-refractivity contribution is -0.131. The molecule has 2 N–H and O–H groups in total. The number of carbonyl (C=O) groups excluding carboxylic acids is 1. The van der Waals surface area contributed by atoms with Crippen LogP contribution < -0.4 is 5.32 Å². The zero-order valence-electron chi connectivity index (χ0n) is 13.1. The summed E-state index contributed by atoms with van der Waals surface area (Å²) in [6.07, 6.45) is 0. The molecule has 1 aliphatic rings. The van der Waals surface area contributed by atoms with Gasteiger partial charge in [-0.1, -0.05) is 23.7 Å². The topological polar surface area (TPSA) is 80.0 Å². The van der Waals surface area contributed by atoms with Crippen molar-refractivity contribution >= 4 is 34.8 Å². The molecule has 2 aromatic rings. The molecule has 122 valence electrons. The molecule has 0 bridgehead atoms. The van der Waals surface area contributed by atoms with Gasteiger partial charge in [-0.15, -0.1) is 11.3 Å². The summed E-state index contributed by atoms with van der Waals surface area (Å²) in [7, 11) is 1.58. The van der Waals surface area contributed by atoms with E-state index in [1.165, 1.54) is 16.2 Å². The standard InChI is InChI=1S/C17H15ClN4OS/c1-17(13-8-7-12(9-19)24-13)14(10-3-5-11(18)6-4-10)15(23)22(2)16(20)21-17/h3-8,14H,1-2H3,(H2,20,21)/t14?,17-/m1/s1. The molecule has 24 heavy (non-hydrogen) atoms. The van der Waals surface area contributed by atoms with E-state index in [4.69, 9.17) is 22.3 Å². The number of rotatable bonds is 2. The average molecular weight is 359 g/mol. The highest BCUT2D eigenvalue weighted by Gasteiger charge is 2.49. The number of benzene rings is 1. The monoisotopic (exact) mass is 358 g/mol. The number of likely N-dealkylation sites (N-methyl/N-ethyl adjacent to an activating group) is 1. The average Bonchev–Trinajstić information content (AvgIpc) is 3.04. The molecule has 1 saturated heterocycles. The van der Waals surface area contributed by atoms with Gasteiger partial charge in [-0.05, 0) is 36.8 Å². The second kappa shape index (κ2) is 5.93. The molecule has 1 fully saturated rings. The fourth-order valence-electron chi connectivity index (χ4n) is 2.96. The number of amides is 1. The van der Waals surface area contributed by atoms with E-state index in [9.17, 15) is 4.79 Å². The van der Waals surface area contributed by atoms with E-state index in [1.807, 2.05) is 25.1 Å². The van der Waals surface area contributed by atoms with E-state index in [0.717, 1.165) is 10.4 Å². The molecule has 1 aliphatic heterocycles. The lowest BCUT2D eigenvalue weighted by atomic mass is 9.77. The van der Waals surface area contributed by atoms with Gasteiger partial charge in [-0.2, -0.15) is 5.26 Å². The lowest BCUT2D eigenvalue weighted by Gasteiger charge is -2.45. The highest BCUT2D eigenvalue weighted by atomic mass is 35.5. The molecular formula is C17H15ClN4OS. The fourth-order valence-corrected chi connectivity index (χ4v) is 4.03. The third-order valence-electron chi connectivity index (χ3n) is 4.30. The second-order valence-corrected chi connectivity index (χ2v) is 7.35. The van der Waals surface area contributed by atoms with Crippen LogP contribution >= 0.6 is 22.9 Å². The highest BCUT2D eigenvalue weighted by molar-refractivity contribution is 7.12. The number of nitrogens with one attached hydrogen (secondary N) is 2. The maximum absolute atomic E-state index is 12.9. The number of nitriles is 1. The number of hydrogen-bond acceptors (Lipinski definition) is 4. The molecule has 7 heteroatoms. The quantitative estimate of drug-likeness (QED) is 0.864. The molecule has 2 atom stereocenters. The summed E-state index contributed by atoms with van der Waals surface area (Å²) in [6.45, 7) is 1.89. The van der Waals surface area contributed by atoms with Gasteiger partial charge in [0, 0.05) is 16.9 Å². The van der Waals surface area contributed by atoms with E-state index in [0.29, 0.717) is 9.90 Å². The molecule has 1 unspecified atom stereocenters. The first kappa shape index (κ1) is 16.5. The summed E-state index contributed by atoms with van der Waals surface area (Å²) in [5.74, 6) is -0.658. The van der Waals surface area contributed by atoms with Crippen LogP contribution in [-0.2, 0) is 10.3 Å². The second-order valence-electron chi connectivity index (χ2n) is 5.83. The predicted molar refractivity (Wildman–Crippen MR) is 94.2 cm³/mol. The summed E-state index contributed by atoms with van der Waals surface area (Å²) in [5, 5.41) is 20.9. The Morgan fingerprint density at radius 1 is 1.33 bits per heavy atom. The Labute approximate surface area is 149 Å². The van der Waals surface area contributed by atoms with Crippen LogP contribution in [0.25, 0.3) is 0 Å². The van der Waals surface area contributed by atoms with Gasteiger partial charge < -0.3 is 5.32 Å². The number of thiophene rings is 1. The van der Waals surface area contributed by atoms with Crippen molar-refractivity contribution in [2.75, 3.05) is 7.05 Å². The first-order valence-electron chi connectivity index (χ1n) is 7.27. The van der Waals surface area contributed by atoms with Gasteiger partial charge in [-0.3, -0.25) is 15.1 Å². The van der Waals surface area contributed by atoms with Crippen molar-refractivity contribution in [3.05, 3.63) is 56.7 Å². The maximum atomic E-state index is 12.9. The molecule has 0 radical (unpaired) electrons. The van der Waals surface area contributed by atoms with Gasteiger partial charge in [0.05, 0.1) is 11.5 Å². The molecular weight excluding hydrogens is 344 g/mol. The lowest BCUT2D eigenvalue weighted by Crippen LogP contribution is -2.62. The van der Waals surface area contributed by atoms with Crippen LogP contribution in [0.3, 0.4) is 0 Å². The van der Waals surface area contributed by atoms with Crippen LogP contribution in [0.1, 0.15) is 28.2 Å². The minimum atomic E-state index is -0.811. The van der Waals surface area contributed by atoms with Crippen molar-refractivity contribution in [3.8, 4) is 6.07 Å². The number of hydrogen-bond donors (Lipinski definition) is 2. The summed E-state index contributed by atoms with van der Waals surface area (Å²) in [6, 6.07) is 12.8. The minimum absolute atomic E-state index is 0.0413. The van der Waals surface area contributed by atoms with Crippen LogP contribution in [0.2, 0.25) is 5.02 Å². The normalized spacial score (nSPS) is 23.8. The zero-order valence-corrected chi connectivity index (χ0v) is 14.7. The molecule has 0 saturated carbocycles. The van der Waals surface area contributed by atoms with Gasteiger partial charge >= 0.3 is 0 Å². The van der Waals surface area contributed by atoms with E-state index in [-0.39, 0.29) is 11.9 Å². The minimum Gasteiger partial charge on any atom is -0.345 e. The third-order valence-corrected chi connectivity index (χ3v) is 5.78. The summed E-state index contributed by atoms with van der Waals surface area (Å²) < 4.78 is 0. The predicted octanol–water partition coefficient (Wildman–Crippen LogP) is 3.27. The molecule has 1 aromatic carbocycles. The van der Waals surface area contributed by atoms with E-state index in [2.05, 4.69) is 11.4 Å². The van der Waals surface area contributed by atoms with E-state index >= 15 is 0 Å². The number of nitrogens with zero attached hydrogens (tertiary/aromatic N) is 2. The first-order chi connectivity index (χ1) is 11.4. The van der Waals surface area contributed by atoms with Crippen LogP contribution in [0.4, 0.5) is 0 Å². The fraction of sp³-hybridized carbons (Fsp3) is 0.235. The number of guanidine groups is 1. The summed E-state index contributed by atoms with van der Waals surface area (Å²) in [4.78, 5) is 15.7. The first-order valence-corrected chi connectivity index (χ1v) is 8.46. The Morgan fingerprint density at radius 2 is 2.00 bits per heavy atom. The van der Waals surface area contributed by atoms with Crippen molar-refractivity contribution in [2.45, 2.75) is 18.4 Å². The van der Waals surface area contributed by atoms with Crippen LogP contribution in [0.15, 0.2) is 36.4 Å². The van der Waals surface area contributed by atoms with Crippen molar-refractivity contribution in [3.63, 3.8) is 0 Å². The summed E-state index contributed by atoms with van der Waals surface area (Å²) >= 11 is 7.30. The van der Waals surface area contributed by atoms with Crippen molar-refractivity contribution in [1.82, 2.24) is 10.2 Å². The molecule has 1 amide bonds. The van der Waals surface area contributed by atoms with Crippen LogP contribution in [0, 0.1) is 16.7 Å². The van der Waals surface area contributed by atoms with Crippen molar-refractivity contribution in [2.24, 2.45) is 0 Å². The van der Waals surface area contributed by atoms with Gasteiger partial charge in [0.15, 0.2) is 5.96 Å². The molecule has 2 heterocycles. The summed E-state index contributed by atoms with van der Waals surface area (Å²) in [5.41, 5.74) is -0.000443. The van der Waals surface area contributed by atoms with E-state index < -0.39 is 11.5 Å². The Balaban J connectivity index is 2.15. The highest BCUT2D eigenvalue weighted by Crippen LogP contribution is 2.43. The Bertz CT molecular complexity index is 854. The Morgan fingerprint density at radius 3 is 2.58 bits per heavy atom. The maximum Gasteiger partial charge on any atom is 0.239 e. The molecule has 0 spiro atoms. The van der Waals surface area contributed by atoms with Gasteiger partial charge in [-0.25, -0.2) is 0 Å². The van der Waals surface area contributed by atoms with Gasteiger partial charge in [0.1, 0.15) is 10.9 Å². The van der Waals surface area contributed by atoms with Crippen molar-refractivity contribution < 1.29 is 4.79 Å². The van der Waals surface area contributed by atoms with Crippen LogP contribution in [-0.4, -0.2) is 23.8 Å². The molecule has 1 aromatic heterocycles. The van der Waals surface area contributed by atoms with Gasteiger partial charge in [0.2, 0.25) is 5.91 Å². The van der Waals surface area contributed by atoms with Gasteiger partial charge in [0.25, 0.3) is 0 Å². The molecule has 5 nitrogen and oxygen atoms in total. The largest absolute Gasteiger partial charge is 0.345 e. The third kappa shape index (κ3) is 2.56. The number of halogens is 1. The van der Waals surface area contributed by atoms with E-state index in [1.54, 1.807) is 25.2 Å².